The standard InChI is InChI=1S/C19H17N5O4/c1-2-6-17(28-19(20)25)15-11-13(9-10-21-15)18-16(24(26)27)12-22-23(18)14-7-4-3-5-8-14/h2-5,7-12,17H,1,6H2,(H2,20,25)/t17-/m0/s1. The molecule has 0 fully saturated rings. The summed E-state index contributed by atoms with van der Waals surface area (Å²) in [7, 11) is 0. The molecule has 0 radical (unpaired) electrons. The van der Waals surface area contributed by atoms with Gasteiger partial charge in [-0.3, -0.25) is 15.1 Å². The number of amides is 1. The van der Waals surface area contributed by atoms with Crippen LogP contribution in [-0.4, -0.2) is 25.8 Å². The molecule has 2 aromatic heterocycles. The van der Waals surface area contributed by atoms with Crippen LogP contribution < -0.4 is 5.73 Å². The summed E-state index contributed by atoms with van der Waals surface area (Å²) < 4.78 is 6.57. The number of carbonyl (C=O) groups is 1. The summed E-state index contributed by atoms with van der Waals surface area (Å²) in [4.78, 5) is 26.5. The number of benzene rings is 1. The number of para-hydroxylation sites is 1. The second-order valence-corrected chi connectivity index (χ2v) is 5.80. The molecule has 1 amide bonds. The maximum Gasteiger partial charge on any atom is 0.405 e. The molecule has 0 aliphatic heterocycles. The molecule has 0 aliphatic rings. The molecule has 0 unspecified atom stereocenters. The molecular formula is C19H17N5O4. The van der Waals surface area contributed by atoms with Crippen LogP contribution in [-0.2, 0) is 4.74 Å². The monoisotopic (exact) mass is 379 g/mol. The number of primary amides is 1. The molecule has 142 valence electrons. The van der Waals surface area contributed by atoms with Gasteiger partial charge in [0.05, 0.1) is 16.3 Å². The fourth-order valence-electron chi connectivity index (χ4n) is 2.80. The van der Waals surface area contributed by atoms with Crippen molar-refractivity contribution in [2.45, 2.75) is 12.5 Å². The van der Waals surface area contributed by atoms with E-state index in [0.717, 1.165) is 0 Å². The van der Waals surface area contributed by atoms with Crippen LogP contribution in [0, 0.1) is 10.1 Å². The summed E-state index contributed by atoms with van der Waals surface area (Å²) in [6.45, 7) is 3.63. The van der Waals surface area contributed by atoms with Crippen molar-refractivity contribution in [3.63, 3.8) is 0 Å². The van der Waals surface area contributed by atoms with Crippen molar-refractivity contribution in [3.05, 3.63) is 83.3 Å². The van der Waals surface area contributed by atoms with Gasteiger partial charge in [-0.15, -0.1) is 6.58 Å². The minimum atomic E-state index is -0.945. The maximum atomic E-state index is 11.5. The van der Waals surface area contributed by atoms with Gasteiger partial charge in [-0.25, -0.2) is 9.48 Å². The number of nitrogens with zero attached hydrogens (tertiary/aromatic N) is 4. The van der Waals surface area contributed by atoms with Gasteiger partial charge in [-0.05, 0) is 24.3 Å². The fraction of sp³-hybridized carbons (Fsp3) is 0.105. The molecule has 0 saturated heterocycles. The van der Waals surface area contributed by atoms with E-state index in [1.54, 1.807) is 30.3 Å². The summed E-state index contributed by atoms with van der Waals surface area (Å²) in [5.74, 6) is 0. The van der Waals surface area contributed by atoms with E-state index >= 15 is 0 Å². The van der Waals surface area contributed by atoms with Crippen LogP contribution in [0.3, 0.4) is 0 Å². The molecule has 1 atom stereocenters. The van der Waals surface area contributed by atoms with Gasteiger partial charge in [0.1, 0.15) is 12.3 Å². The van der Waals surface area contributed by atoms with E-state index in [1.165, 1.54) is 17.1 Å². The molecule has 0 bridgehead atoms. The Bertz CT molecular complexity index is 1020. The smallest absolute Gasteiger partial charge is 0.405 e. The predicted molar refractivity (Wildman–Crippen MR) is 102 cm³/mol. The van der Waals surface area contributed by atoms with Crippen molar-refractivity contribution < 1.29 is 14.5 Å². The summed E-state index contributed by atoms with van der Waals surface area (Å²) in [6, 6.07) is 12.3. The first-order valence-corrected chi connectivity index (χ1v) is 8.32. The molecule has 3 aromatic rings. The highest BCUT2D eigenvalue weighted by molar-refractivity contribution is 5.72. The van der Waals surface area contributed by atoms with E-state index in [1.807, 2.05) is 18.2 Å². The molecule has 0 spiro atoms. The Labute approximate surface area is 160 Å². The van der Waals surface area contributed by atoms with E-state index in [-0.39, 0.29) is 11.4 Å². The number of pyridine rings is 1. The van der Waals surface area contributed by atoms with Crippen LogP contribution in [0.2, 0.25) is 0 Å². The van der Waals surface area contributed by atoms with Crippen molar-refractivity contribution in [3.8, 4) is 16.9 Å². The molecule has 28 heavy (non-hydrogen) atoms. The van der Waals surface area contributed by atoms with E-state index in [2.05, 4.69) is 16.7 Å². The molecular weight excluding hydrogens is 362 g/mol. The minimum Gasteiger partial charge on any atom is -0.440 e. The number of ether oxygens (including phenoxy) is 1. The zero-order chi connectivity index (χ0) is 20.1. The van der Waals surface area contributed by atoms with E-state index in [9.17, 15) is 14.9 Å². The molecule has 3 rings (SSSR count). The topological polar surface area (TPSA) is 126 Å². The van der Waals surface area contributed by atoms with E-state index in [0.29, 0.717) is 23.4 Å². The minimum absolute atomic E-state index is 0.155. The highest BCUT2D eigenvalue weighted by Gasteiger charge is 2.25. The Morgan fingerprint density at radius 2 is 2.11 bits per heavy atom. The van der Waals surface area contributed by atoms with Crippen molar-refractivity contribution in [2.75, 3.05) is 0 Å². The Morgan fingerprint density at radius 1 is 1.36 bits per heavy atom. The lowest BCUT2D eigenvalue weighted by Crippen LogP contribution is -2.18. The highest BCUT2D eigenvalue weighted by atomic mass is 16.6. The quantitative estimate of drug-likeness (QED) is 0.380. The average molecular weight is 379 g/mol. The van der Waals surface area contributed by atoms with Crippen LogP contribution in [0.25, 0.3) is 16.9 Å². The Morgan fingerprint density at radius 3 is 2.75 bits per heavy atom. The summed E-state index contributed by atoms with van der Waals surface area (Å²) in [6.07, 6.45) is 2.85. The first-order chi connectivity index (χ1) is 13.5. The molecule has 0 aliphatic carbocycles. The lowest BCUT2D eigenvalue weighted by atomic mass is 10.1. The first kappa shape index (κ1) is 18.8. The highest BCUT2D eigenvalue weighted by Crippen LogP contribution is 2.33. The van der Waals surface area contributed by atoms with Crippen LogP contribution >= 0.6 is 0 Å². The third kappa shape index (κ3) is 3.88. The molecule has 0 saturated carbocycles. The van der Waals surface area contributed by atoms with Gasteiger partial charge in [0, 0.05) is 18.2 Å². The normalized spacial score (nSPS) is 11.6. The van der Waals surface area contributed by atoms with E-state index in [4.69, 9.17) is 10.5 Å². The molecule has 9 nitrogen and oxygen atoms in total. The molecule has 2 heterocycles. The summed E-state index contributed by atoms with van der Waals surface area (Å²) in [5, 5.41) is 15.7. The predicted octanol–water partition coefficient (Wildman–Crippen LogP) is 3.56. The first-order valence-electron chi connectivity index (χ1n) is 8.32. The Balaban J connectivity index is 2.13. The lowest BCUT2D eigenvalue weighted by Gasteiger charge is -2.15. The zero-order valence-corrected chi connectivity index (χ0v) is 14.8. The molecule has 2 N–H and O–H groups in total. The van der Waals surface area contributed by atoms with Crippen LogP contribution in [0.1, 0.15) is 18.2 Å². The number of aromatic nitrogens is 3. The van der Waals surface area contributed by atoms with Gasteiger partial charge in [-0.1, -0.05) is 24.3 Å². The lowest BCUT2D eigenvalue weighted by molar-refractivity contribution is -0.384. The largest absolute Gasteiger partial charge is 0.440 e. The average Bonchev–Trinajstić information content (AvgIpc) is 3.14. The third-order valence-electron chi connectivity index (χ3n) is 3.97. The fourth-order valence-corrected chi connectivity index (χ4v) is 2.80. The van der Waals surface area contributed by atoms with Gasteiger partial charge < -0.3 is 10.5 Å². The van der Waals surface area contributed by atoms with Gasteiger partial charge in [0.15, 0.2) is 5.69 Å². The zero-order valence-electron chi connectivity index (χ0n) is 14.8. The van der Waals surface area contributed by atoms with Gasteiger partial charge in [-0.2, -0.15) is 5.10 Å². The number of hydrogen-bond donors (Lipinski definition) is 1. The van der Waals surface area contributed by atoms with Crippen LogP contribution in [0.15, 0.2) is 67.5 Å². The number of rotatable bonds is 7. The van der Waals surface area contributed by atoms with Crippen molar-refractivity contribution in [2.24, 2.45) is 5.73 Å². The second-order valence-electron chi connectivity index (χ2n) is 5.80. The third-order valence-corrected chi connectivity index (χ3v) is 3.97. The molecule has 9 heteroatoms. The van der Waals surface area contributed by atoms with Crippen molar-refractivity contribution >= 4 is 11.8 Å². The summed E-state index contributed by atoms with van der Waals surface area (Å²) in [5.41, 5.74) is 6.83. The second kappa shape index (κ2) is 8.12. The number of hydrogen-bond acceptors (Lipinski definition) is 6. The Kier molecular flexibility index (Phi) is 5.45. The maximum absolute atomic E-state index is 11.5. The molecule has 1 aromatic carbocycles. The summed E-state index contributed by atoms with van der Waals surface area (Å²) >= 11 is 0. The van der Waals surface area contributed by atoms with Gasteiger partial charge in [0.2, 0.25) is 0 Å². The van der Waals surface area contributed by atoms with Gasteiger partial charge >= 0.3 is 11.8 Å². The van der Waals surface area contributed by atoms with Crippen LogP contribution in [0.5, 0.6) is 0 Å². The van der Waals surface area contributed by atoms with E-state index < -0.39 is 17.1 Å². The van der Waals surface area contributed by atoms with Crippen molar-refractivity contribution in [1.82, 2.24) is 14.8 Å². The SMILES string of the molecule is C=CC[C@H](OC(N)=O)c1cc(-c2c([N+](=O)[O-])cnn2-c2ccccc2)ccn1. The number of nitrogens with two attached hydrogens (primary N) is 1. The van der Waals surface area contributed by atoms with Gasteiger partial charge in [0.25, 0.3) is 0 Å². The van der Waals surface area contributed by atoms with Crippen LogP contribution in [0.4, 0.5) is 10.5 Å². The number of carbonyl (C=O) groups excluding carboxylic acids is 1. The number of nitro groups is 1. The Hall–Kier alpha value is -4.01. The van der Waals surface area contributed by atoms with Crippen molar-refractivity contribution in [1.29, 1.82) is 0 Å².